The van der Waals surface area contributed by atoms with E-state index in [0.29, 0.717) is 5.56 Å². The molecule has 0 radical (unpaired) electrons. The van der Waals surface area contributed by atoms with E-state index in [1.165, 1.54) is 6.42 Å². The van der Waals surface area contributed by atoms with Gasteiger partial charge in [0.25, 0.3) is 0 Å². The highest BCUT2D eigenvalue weighted by Gasteiger charge is 2.46. The van der Waals surface area contributed by atoms with Gasteiger partial charge in [-0.2, -0.15) is 5.26 Å². The van der Waals surface area contributed by atoms with Crippen molar-refractivity contribution in [3.8, 4) is 6.07 Å². The van der Waals surface area contributed by atoms with E-state index in [9.17, 15) is 4.79 Å². The molecule has 3 heteroatoms. The SMILES string of the molecule is N#Cc1ccc2c(c1)NC(=O)C21CCCCC1. The number of carbonyl (C=O) groups is 1. The third-order valence-electron chi connectivity index (χ3n) is 4.05. The fourth-order valence-electron chi connectivity index (χ4n) is 3.15. The van der Waals surface area contributed by atoms with Crippen LogP contribution < -0.4 is 5.32 Å². The lowest BCUT2D eigenvalue weighted by Crippen LogP contribution is -2.36. The molecule has 1 aromatic carbocycles. The van der Waals surface area contributed by atoms with Crippen LogP contribution in [-0.2, 0) is 10.2 Å². The van der Waals surface area contributed by atoms with Crippen LogP contribution in [-0.4, -0.2) is 5.91 Å². The van der Waals surface area contributed by atoms with Crippen LogP contribution in [0.1, 0.15) is 43.2 Å². The van der Waals surface area contributed by atoms with Crippen LogP contribution in [0.5, 0.6) is 0 Å². The number of fused-ring (bicyclic) bond motifs is 2. The molecule has 1 spiro atoms. The Morgan fingerprint density at radius 2 is 2.00 bits per heavy atom. The van der Waals surface area contributed by atoms with Gasteiger partial charge in [0.05, 0.1) is 17.0 Å². The van der Waals surface area contributed by atoms with Gasteiger partial charge in [-0.1, -0.05) is 25.3 Å². The Labute approximate surface area is 100 Å². The number of benzene rings is 1. The first-order valence-electron chi connectivity index (χ1n) is 6.12. The number of nitriles is 1. The number of rotatable bonds is 0. The number of nitrogens with zero attached hydrogens (tertiary/aromatic N) is 1. The lowest BCUT2D eigenvalue weighted by Gasteiger charge is -2.31. The molecule has 86 valence electrons. The minimum atomic E-state index is -0.304. The Hall–Kier alpha value is -1.82. The summed E-state index contributed by atoms with van der Waals surface area (Å²) in [5, 5.41) is 11.8. The van der Waals surface area contributed by atoms with Gasteiger partial charge in [-0.3, -0.25) is 4.79 Å². The maximum Gasteiger partial charge on any atom is 0.235 e. The largest absolute Gasteiger partial charge is 0.325 e. The normalized spacial score (nSPS) is 20.8. The van der Waals surface area contributed by atoms with Crippen molar-refractivity contribution in [1.29, 1.82) is 5.26 Å². The van der Waals surface area contributed by atoms with E-state index in [0.717, 1.165) is 36.9 Å². The Kier molecular flexibility index (Phi) is 2.19. The molecule has 17 heavy (non-hydrogen) atoms. The first-order valence-corrected chi connectivity index (χ1v) is 6.12. The first-order chi connectivity index (χ1) is 8.26. The predicted molar refractivity (Wildman–Crippen MR) is 64.5 cm³/mol. The third-order valence-corrected chi connectivity index (χ3v) is 4.05. The van der Waals surface area contributed by atoms with Crippen molar-refractivity contribution in [2.75, 3.05) is 5.32 Å². The van der Waals surface area contributed by atoms with Crippen molar-refractivity contribution in [2.24, 2.45) is 0 Å². The van der Waals surface area contributed by atoms with Gasteiger partial charge >= 0.3 is 0 Å². The van der Waals surface area contributed by atoms with E-state index >= 15 is 0 Å². The topological polar surface area (TPSA) is 52.9 Å². The highest BCUT2D eigenvalue weighted by Crippen LogP contribution is 2.47. The second kappa shape index (κ2) is 3.59. The zero-order chi connectivity index (χ0) is 11.9. The van der Waals surface area contributed by atoms with Gasteiger partial charge in [-0.25, -0.2) is 0 Å². The summed E-state index contributed by atoms with van der Waals surface area (Å²) in [5.74, 6) is 0.127. The van der Waals surface area contributed by atoms with E-state index in [-0.39, 0.29) is 11.3 Å². The molecule has 0 unspecified atom stereocenters. The summed E-state index contributed by atoms with van der Waals surface area (Å²) in [6.07, 6.45) is 5.34. The molecule has 0 atom stereocenters. The highest BCUT2D eigenvalue weighted by molar-refractivity contribution is 6.06. The van der Waals surface area contributed by atoms with Crippen LogP contribution in [0.3, 0.4) is 0 Å². The monoisotopic (exact) mass is 226 g/mol. The molecule has 3 nitrogen and oxygen atoms in total. The molecule has 0 aromatic heterocycles. The molecule has 1 amide bonds. The number of hydrogen-bond acceptors (Lipinski definition) is 2. The number of carbonyl (C=O) groups excluding carboxylic acids is 1. The number of anilines is 1. The molecular formula is C14H14N2O. The first kappa shape index (κ1) is 10.3. The van der Waals surface area contributed by atoms with Gasteiger partial charge in [-0.15, -0.1) is 0 Å². The van der Waals surface area contributed by atoms with E-state index in [1.54, 1.807) is 6.07 Å². The second-order valence-electron chi connectivity index (χ2n) is 4.97. The van der Waals surface area contributed by atoms with Crippen molar-refractivity contribution in [3.05, 3.63) is 29.3 Å². The molecule has 1 aromatic rings. The fourth-order valence-corrected chi connectivity index (χ4v) is 3.15. The Morgan fingerprint density at radius 1 is 1.24 bits per heavy atom. The van der Waals surface area contributed by atoms with Gasteiger partial charge in [0, 0.05) is 5.69 Å². The van der Waals surface area contributed by atoms with Crippen molar-refractivity contribution < 1.29 is 4.79 Å². The maximum absolute atomic E-state index is 12.2. The summed E-state index contributed by atoms with van der Waals surface area (Å²) < 4.78 is 0. The molecule has 1 aliphatic carbocycles. The smallest absolute Gasteiger partial charge is 0.235 e. The quantitative estimate of drug-likeness (QED) is 0.739. The van der Waals surface area contributed by atoms with Crippen molar-refractivity contribution in [3.63, 3.8) is 0 Å². The lowest BCUT2D eigenvalue weighted by molar-refractivity contribution is -0.121. The number of hydrogen-bond donors (Lipinski definition) is 1. The van der Waals surface area contributed by atoms with Gasteiger partial charge < -0.3 is 5.32 Å². The molecule has 0 bridgehead atoms. The van der Waals surface area contributed by atoms with Crippen molar-refractivity contribution in [2.45, 2.75) is 37.5 Å². The van der Waals surface area contributed by atoms with Crippen LogP contribution in [0.25, 0.3) is 0 Å². The van der Waals surface area contributed by atoms with Crippen LogP contribution in [0, 0.1) is 11.3 Å². The van der Waals surface area contributed by atoms with Gasteiger partial charge in [-0.05, 0) is 30.5 Å². The predicted octanol–water partition coefficient (Wildman–Crippen LogP) is 2.71. The Balaban J connectivity index is 2.10. The fraction of sp³-hybridized carbons (Fsp3) is 0.429. The third kappa shape index (κ3) is 1.37. The zero-order valence-corrected chi connectivity index (χ0v) is 9.62. The second-order valence-corrected chi connectivity index (χ2v) is 4.97. The minimum Gasteiger partial charge on any atom is -0.325 e. The Morgan fingerprint density at radius 3 is 2.71 bits per heavy atom. The molecule has 1 saturated carbocycles. The number of nitrogens with one attached hydrogen (secondary N) is 1. The van der Waals surface area contributed by atoms with Gasteiger partial charge in [0.2, 0.25) is 5.91 Å². The van der Waals surface area contributed by atoms with Gasteiger partial charge in [0.15, 0.2) is 0 Å². The summed E-state index contributed by atoms with van der Waals surface area (Å²) in [4.78, 5) is 12.2. The van der Waals surface area contributed by atoms with Crippen LogP contribution in [0.2, 0.25) is 0 Å². The average molecular weight is 226 g/mol. The summed E-state index contributed by atoms with van der Waals surface area (Å²) in [6.45, 7) is 0. The standard InChI is InChI=1S/C14H14N2O/c15-9-10-4-5-11-12(8-10)16-13(17)14(11)6-2-1-3-7-14/h4-5,8H,1-3,6-7H2,(H,16,17). The molecule has 2 aliphatic rings. The Bertz CT molecular complexity index is 522. The van der Waals surface area contributed by atoms with Gasteiger partial charge in [0.1, 0.15) is 0 Å². The van der Waals surface area contributed by atoms with Crippen LogP contribution in [0.4, 0.5) is 5.69 Å². The van der Waals surface area contributed by atoms with E-state index < -0.39 is 0 Å². The van der Waals surface area contributed by atoms with E-state index in [4.69, 9.17) is 5.26 Å². The lowest BCUT2D eigenvalue weighted by atomic mass is 9.70. The summed E-state index contributed by atoms with van der Waals surface area (Å²) in [5.41, 5.74) is 2.25. The van der Waals surface area contributed by atoms with Crippen molar-refractivity contribution >= 4 is 11.6 Å². The molecule has 1 heterocycles. The highest BCUT2D eigenvalue weighted by atomic mass is 16.2. The summed E-state index contributed by atoms with van der Waals surface area (Å²) >= 11 is 0. The molecule has 0 saturated heterocycles. The molecular weight excluding hydrogens is 212 g/mol. The molecule has 1 N–H and O–H groups in total. The van der Waals surface area contributed by atoms with E-state index in [2.05, 4.69) is 11.4 Å². The van der Waals surface area contributed by atoms with Crippen molar-refractivity contribution in [1.82, 2.24) is 0 Å². The molecule has 3 rings (SSSR count). The van der Waals surface area contributed by atoms with Crippen LogP contribution in [0.15, 0.2) is 18.2 Å². The maximum atomic E-state index is 12.2. The number of amides is 1. The average Bonchev–Trinajstić information content (AvgIpc) is 2.63. The zero-order valence-electron chi connectivity index (χ0n) is 9.62. The molecule has 1 fully saturated rings. The summed E-state index contributed by atoms with van der Waals surface area (Å²) in [6, 6.07) is 7.67. The summed E-state index contributed by atoms with van der Waals surface area (Å²) in [7, 11) is 0. The molecule has 1 aliphatic heterocycles. The van der Waals surface area contributed by atoms with Crippen LogP contribution >= 0.6 is 0 Å². The minimum absolute atomic E-state index is 0.127. The van der Waals surface area contributed by atoms with E-state index in [1.807, 2.05) is 12.1 Å².